The van der Waals surface area contributed by atoms with Crippen LogP contribution in [0.5, 0.6) is 5.75 Å². The highest BCUT2D eigenvalue weighted by atomic mass is 16.5. The summed E-state index contributed by atoms with van der Waals surface area (Å²) in [4.78, 5) is 25.8. The van der Waals surface area contributed by atoms with Gasteiger partial charge in [0, 0.05) is 25.6 Å². The number of benzene rings is 1. The molecule has 112 valence electrons. The molecule has 0 aliphatic carbocycles. The predicted octanol–water partition coefficient (Wildman–Crippen LogP) is 2.68. The van der Waals surface area contributed by atoms with Gasteiger partial charge < -0.3 is 9.64 Å². The molecule has 0 fully saturated rings. The van der Waals surface area contributed by atoms with Crippen LogP contribution in [-0.4, -0.2) is 37.3 Å². The summed E-state index contributed by atoms with van der Waals surface area (Å²) < 4.78 is 5.26. The van der Waals surface area contributed by atoms with Gasteiger partial charge in [-0.15, -0.1) is 0 Å². The van der Waals surface area contributed by atoms with Crippen LogP contribution in [-0.2, 0) is 9.59 Å². The Morgan fingerprint density at radius 1 is 1.38 bits per heavy atom. The van der Waals surface area contributed by atoms with Crippen molar-refractivity contribution in [2.45, 2.75) is 26.2 Å². The van der Waals surface area contributed by atoms with Gasteiger partial charge in [0.15, 0.2) is 0 Å². The van der Waals surface area contributed by atoms with Crippen LogP contribution in [0.4, 0.5) is 0 Å². The number of carbonyl (C=O) groups excluding carboxylic acids is 2. The Morgan fingerprint density at radius 2 is 2.14 bits per heavy atom. The second-order valence-electron chi connectivity index (χ2n) is 5.40. The molecule has 0 spiro atoms. The Morgan fingerprint density at radius 3 is 2.81 bits per heavy atom. The first kappa shape index (κ1) is 15.3. The quantitative estimate of drug-likeness (QED) is 0.855. The fraction of sp³-hybridized carbons (Fsp3) is 0.412. The lowest BCUT2D eigenvalue weighted by Crippen LogP contribution is -2.28. The summed E-state index contributed by atoms with van der Waals surface area (Å²) in [5.74, 6) is 0.724. The van der Waals surface area contributed by atoms with E-state index in [0.717, 1.165) is 29.7 Å². The molecule has 0 saturated heterocycles. The van der Waals surface area contributed by atoms with E-state index in [2.05, 4.69) is 0 Å². The fourth-order valence-corrected chi connectivity index (χ4v) is 2.67. The number of methoxy groups -OCH3 is 1. The van der Waals surface area contributed by atoms with Crippen molar-refractivity contribution in [2.24, 2.45) is 0 Å². The third-order valence-corrected chi connectivity index (χ3v) is 3.73. The van der Waals surface area contributed by atoms with Crippen LogP contribution in [0.1, 0.15) is 31.7 Å². The highest BCUT2D eigenvalue weighted by Gasteiger charge is 2.24. The summed E-state index contributed by atoms with van der Waals surface area (Å²) in [5.41, 5.74) is 2.56. The van der Waals surface area contributed by atoms with Crippen molar-refractivity contribution < 1.29 is 14.3 Å². The number of Topliss-reactive ketones (excluding diaryl/α,β-unsaturated/α-hetero) is 1. The van der Waals surface area contributed by atoms with E-state index >= 15 is 0 Å². The van der Waals surface area contributed by atoms with Gasteiger partial charge in [-0.25, -0.2) is 0 Å². The molecule has 21 heavy (non-hydrogen) atoms. The molecule has 0 radical (unpaired) electrons. The highest BCUT2D eigenvalue weighted by molar-refractivity contribution is 6.05. The van der Waals surface area contributed by atoms with E-state index in [0.29, 0.717) is 12.1 Å². The van der Waals surface area contributed by atoms with Crippen LogP contribution in [0.25, 0.3) is 5.57 Å². The van der Waals surface area contributed by atoms with Crippen LogP contribution in [0.2, 0.25) is 0 Å². The molecule has 4 heteroatoms. The summed E-state index contributed by atoms with van der Waals surface area (Å²) in [6.45, 7) is 2.24. The smallest absolute Gasteiger partial charge is 0.250 e. The topological polar surface area (TPSA) is 46.6 Å². The van der Waals surface area contributed by atoms with Gasteiger partial charge in [-0.2, -0.15) is 0 Å². The highest BCUT2D eigenvalue weighted by Crippen LogP contribution is 2.31. The summed E-state index contributed by atoms with van der Waals surface area (Å²) in [6, 6.07) is 7.68. The molecule has 4 nitrogen and oxygen atoms in total. The predicted molar refractivity (Wildman–Crippen MR) is 82.1 cm³/mol. The molecule has 0 bridgehead atoms. The van der Waals surface area contributed by atoms with Crippen molar-refractivity contribution in [3.8, 4) is 5.75 Å². The molecule has 0 aromatic heterocycles. The molecule has 0 atom stereocenters. The van der Waals surface area contributed by atoms with E-state index in [9.17, 15) is 9.59 Å². The Bertz CT molecular complexity index is 589. The average Bonchev–Trinajstić information content (AvgIpc) is 2.60. The zero-order chi connectivity index (χ0) is 15.4. The van der Waals surface area contributed by atoms with Crippen LogP contribution in [0, 0.1) is 0 Å². The molecule has 0 saturated carbocycles. The van der Waals surface area contributed by atoms with Gasteiger partial charge in [0.1, 0.15) is 11.5 Å². The number of nitrogens with zero attached hydrogens (tertiary/aromatic N) is 1. The first-order valence-electron chi connectivity index (χ1n) is 7.14. The summed E-state index contributed by atoms with van der Waals surface area (Å²) in [7, 11) is 3.41. The molecule has 0 N–H and O–H groups in total. The molecular formula is C17H21NO3. The first-order valence-corrected chi connectivity index (χ1v) is 7.14. The van der Waals surface area contributed by atoms with E-state index in [1.165, 1.54) is 6.92 Å². The van der Waals surface area contributed by atoms with Crippen molar-refractivity contribution in [1.82, 2.24) is 4.90 Å². The Kier molecular flexibility index (Phi) is 4.78. The molecule has 1 amide bonds. The first-order chi connectivity index (χ1) is 10.0. The number of carbonyl (C=O) groups is 2. The van der Waals surface area contributed by atoms with Gasteiger partial charge in [0.2, 0.25) is 5.91 Å². The SMILES string of the molecule is COc1cccc(C2=C(CC(C)=O)C(=O)N(C)CCC2)c1. The second-order valence-corrected chi connectivity index (χ2v) is 5.40. The minimum atomic E-state index is -0.0412. The zero-order valence-corrected chi connectivity index (χ0v) is 12.8. The van der Waals surface area contributed by atoms with Crippen LogP contribution < -0.4 is 4.74 Å². The molecule has 1 aliphatic heterocycles. The van der Waals surface area contributed by atoms with E-state index in [4.69, 9.17) is 4.74 Å². The monoisotopic (exact) mass is 287 g/mol. The molecule has 1 aliphatic rings. The Hall–Kier alpha value is -2.10. The Labute approximate surface area is 125 Å². The fourth-order valence-electron chi connectivity index (χ4n) is 2.67. The van der Waals surface area contributed by atoms with Crippen LogP contribution in [0.3, 0.4) is 0 Å². The molecular weight excluding hydrogens is 266 g/mol. The number of likely N-dealkylation sites (N-methyl/N-ethyl adjacent to an activating group) is 1. The van der Waals surface area contributed by atoms with Crippen molar-refractivity contribution in [3.63, 3.8) is 0 Å². The van der Waals surface area contributed by atoms with Crippen molar-refractivity contribution in [2.75, 3.05) is 20.7 Å². The zero-order valence-electron chi connectivity index (χ0n) is 12.8. The van der Waals surface area contributed by atoms with Crippen molar-refractivity contribution >= 4 is 17.3 Å². The van der Waals surface area contributed by atoms with Gasteiger partial charge in [0.05, 0.1) is 7.11 Å². The molecule has 1 aromatic carbocycles. The van der Waals surface area contributed by atoms with Gasteiger partial charge in [0.25, 0.3) is 0 Å². The third-order valence-electron chi connectivity index (χ3n) is 3.73. The van der Waals surface area contributed by atoms with E-state index in [-0.39, 0.29) is 18.1 Å². The van der Waals surface area contributed by atoms with E-state index in [1.807, 2.05) is 24.3 Å². The van der Waals surface area contributed by atoms with Crippen LogP contribution >= 0.6 is 0 Å². The van der Waals surface area contributed by atoms with Gasteiger partial charge in [-0.3, -0.25) is 9.59 Å². The Balaban J connectivity index is 2.53. The number of ketones is 1. The van der Waals surface area contributed by atoms with Crippen molar-refractivity contribution in [3.05, 3.63) is 35.4 Å². The van der Waals surface area contributed by atoms with Crippen molar-refractivity contribution in [1.29, 1.82) is 0 Å². The number of hydrogen-bond acceptors (Lipinski definition) is 3. The standard InChI is InChI=1S/C17H21NO3/c1-12(19)10-16-15(8-5-9-18(2)17(16)20)13-6-4-7-14(11-13)21-3/h4,6-7,11H,5,8-10H2,1-3H3. The summed E-state index contributed by atoms with van der Waals surface area (Å²) in [6.07, 6.45) is 1.89. The van der Waals surface area contributed by atoms with E-state index < -0.39 is 0 Å². The maximum absolute atomic E-state index is 12.5. The third kappa shape index (κ3) is 3.51. The van der Waals surface area contributed by atoms with E-state index in [1.54, 1.807) is 19.1 Å². The number of ether oxygens (including phenoxy) is 1. The second kappa shape index (κ2) is 6.57. The van der Waals surface area contributed by atoms with Crippen LogP contribution in [0.15, 0.2) is 29.8 Å². The lowest BCUT2D eigenvalue weighted by Gasteiger charge is -2.16. The number of amides is 1. The lowest BCUT2D eigenvalue weighted by molar-refractivity contribution is -0.127. The molecule has 2 rings (SSSR count). The average molecular weight is 287 g/mol. The minimum Gasteiger partial charge on any atom is -0.497 e. The molecule has 1 aromatic rings. The maximum atomic E-state index is 12.5. The van der Waals surface area contributed by atoms with Gasteiger partial charge in [-0.05, 0) is 43.0 Å². The molecule has 1 heterocycles. The molecule has 0 unspecified atom stereocenters. The minimum absolute atomic E-state index is 0.00838. The van der Waals surface area contributed by atoms with Gasteiger partial charge in [-0.1, -0.05) is 12.1 Å². The number of hydrogen-bond donors (Lipinski definition) is 0. The lowest BCUT2D eigenvalue weighted by atomic mass is 9.93. The summed E-state index contributed by atoms with van der Waals surface area (Å²) in [5, 5.41) is 0. The number of rotatable bonds is 4. The number of allylic oxidation sites excluding steroid dienone is 1. The summed E-state index contributed by atoms with van der Waals surface area (Å²) >= 11 is 0. The maximum Gasteiger partial charge on any atom is 0.250 e. The largest absolute Gasteiger partial charge is 0.497 e. The normalized spacial score (nSPS) is 16.0. The van der Waals surface area contributed by atoms with Gasteiger partial charge >= 0.3 is 0 Å².